The molecule has 50 heavy (non-hydrogen) atoms. The molecule has 234 valence electrons. The van der Waals surface area contributed by atoms with Gasteiger partial charge in [-0.3, -0.25) is 9.97 Å². The van der Waals surface area contributed by atoms with Crippen molar-refractivity contribution in [2.75, 3.05) is 0 Å². The third-order valence-electron chi connectivity index (χ3n) is 11.3. The minimum atomic E-state index is 0. The maximum Gasteiger partial charge on any atom is 0.0346 e. The van der Waals surface area contributed by atoms with E-state index in [-0.39, 0.29) is 1.43 Å². The number of nitrogens with zero attached hydrogens (tertiary/aromatic N) is 2. The molecule has 0 aliphatic heterocycles. The zero-order valence-electron chi connectivity index (χ0n) is 30.9. The van der Waals surface area contributed by atoms with Crippen LogP contribution in [0.3, 0.4) is 0 Å². The van der Waals surface area contributed by atoms with Gasteiger partial charge in [0.1, 0.15) is 0 Å². The number of hydrogen-bond donors (Lipinski definition) is 0. The Balaban J connectivity index is 0.000000771. The molecule has 0 amide bonds. The van der Waals surface area contributed by atoms with Crippen molar-refractivity contribution >= 4 is 53.9 Å². The minimum absolute atomic E-state index is 0. The van der Waals surface area contributed by atoms with Crippen LogP contribution in [0.5, 0.6) is 0 Å². The summed E-state index contributed by atoms with van der Waals surface area (Å²) in [5.74, 6) is 0. The highest BCUT2D eigenvalue weighted by atomic mass is 14.6. The molecule has 0 spiro atoms. The Morgan fingerprint density at radius 2 is 0.840 bits per heavy atom. The van der Waals surface area contributed by atoms with E-state index in [1.807, 2.05) is 30.9 Å². The Labute approximate surface area is 295 Å². The summed E-state index contributed by atoms with van der Waals surface area (Å²) in [4.78, 5) is 9.19. The summed E-state index contributed by atoms with van der Waals surface area (Å²) in [5, 5.41) is 12.8. The average Bonchev–Trinajstić information content (AvgIpc) is 3.75. The molecule has 0 bridgehead atoms. The summed E-state index contributed by atoms with van der Waals surface area (Å²) in [5.41, 5.74) is 15.1. The molecule has 2 nitrogen and oxygen atoms in total. The predicted octanol–water partition coefficient (Wildman–Crippen LogP) is 13.6. The van der Waals surface area contributed by atoms with Crippen molar-refractivity contribution in [2.24, 2.45) is 0 Å². The molecule has 0 fully saturated rings. The molecular weight excluding hydrogens is 605 g/mol. The first-order chi connectivity index (χ1) is 26.8. The van der Waals surface area contributed by atoms with Gasteiger partial charge in [0.15, 0.2) is 0 Å². The quantitative estimate of drug-likeness (QED) is 0.176. The number of aromatic nitrogens is 2. The lowest BCUT2D eigenvalue weighted by Gasteiger charge is -2.19. The van der Waals surface area contributed by atoms with Crippen LogP contribution in [-0.2, 0) is 0 Å². The Kier molecular flexibility index (Phi) is 4.65. The van der Waals surface area contributed by atoms with Gasteiger partial charge >= 0.3 is 0 Å². The van der Waals surface area contributed by atoms with E-state index in [0.717, 1.165) is 11.1 Å². The van der Waals surface area contributed by atoms with Gasteiger partial charge in [-0.05, 0) is 146 Å². The van der Waals surface area contributed by atoms with Crippen LogP contribution in [0.25, 0.3) is 121 Å². The Morgan fingerprint density at radius 1 is 0.340 bits per heavy atom. The van der Waals surface area contributed by atoms with E-state index in [4.69, 9.17) is 5.94 Å². The second kappa shape index (κ2) is 9.49. The second-order valence-electron chi connectivity index (χ2n) is 13.7. The van der Waals surface area contributed by atoms with Crippen LogP contribution in [0.2, 0.25) is 0 Å². The Morgan fingerprint density at radius 3 is 1.50 bits per heavy atom. The molecule has 2 aromatic heterocycles. The first-order valence-electron chi connectivity index (χ1n) is 19.2. The molecule has 2 heterocycles. The molecule has 12 rings (SSSR count). The van der Waals surface area contributed by atoms with Gasteiger partial charge in [0.25, 0.3) is 0 Å². The second-order valence-corrected chi connectivity index (χ2v) is 13.7. The van der Waals surface area contributed by atoms with Gasteiger partial charge in [-0.1, -0.05) is 97.1 Å². The van der Waals surface area contributed by atoms with Crippen molar-refractivity contribution in [1.82, 2.24) is 9.97 Å². The van der Waals surface area contributed by atoms with E-state index in [1.54, 1.807) is 0 Å². The van der Waals surface area contributed by atoms with Crippen LogP contribution in [-0.4, -0.2) is 9.97 Å². The lowest BCUT2D eigenvalue weighted by molar-refractivity contribution is 1.33. The number of benzene rings is 8. The zero-order chi connectivity index (χ0) is 36.5. The average molecular weight is 642 g/mol. The van der Waals surface area contributed by atoms with Crippen molar-refractivity contribution in [3.05, 3.63) is 158 Å². The zero-order valence-corrected chi connectivity index (χ0v) is 26.9. The van der Waals surface area contributed by atoms with Crippen molar-refractivity contribution in [2.45, 2.75) is 0 Å². The van der Waals surface area contributed by atoms with E-state index in [9.17, 15) is 0 Å². The van der Waals surface area contributed by atoms with Crippen molar-refractivity contribution in [3.8, 4) is 66.8 Å². The minimum Gasteiger partial charge on any atom is -0.264 e. The Bertz CT molecular complexity index is 3140. The smallest absolute Gasteiger partial charge is 0.0346 e. The van der Waals surface area contributed by atoms with Gasteiger partial charge in [-0.15, -0.1) is 0 Å². The molecule has 0 radical (unpaired) electrons. The third-order valence-corrected chi connectivity index (χ3v) is 11.3. The molecule has 0 atom stereocenters. The fraction of sp³-hybridized carbons (Fsp3) is 0. The standard InChI is InChI=1S/C48H26N2.3H2/c1-7-27-8-2-14-33-41-23-43-37(29-11-5-19-49-25-29)21-38-31(39(43)22-40(41)32(13-1)45(27)33)17-18-35-42(38)24-44-34-15-3-9-28-10-4-16-36(46(28)34)48(44)47(35)30-12-6-20-50-26-30;;;/h1-26H;3*1H/i;2*1+1D;1+1. The molecule has 8 aromatic carbocycles. The van der Waals surface area contributed by atoms with Gasteiger partial charge in [0, 0.05) is 43.3 Å². The molecule has 0 saturated heterocycles. The van der Waals surface area contributed by atoms with Crippen LogP contribution in [0, 0.1) is 0 Å². The summed E-state index contributed by atoms with van der Waals surface area (Å²) in [6.07, 6.45) is 7.75. The summed E-state index contributed by atoms with van der Waals surface area (Å²) < 4.78 is 20.0. The predicted molar refractivity (Wildman–Crippen MR) is 216 cm³/mol. The van der Waals surface area contributed by atoms with Gasteiger partial charge < -0.3 is 0 Å². The van der Waals surface area contributed by atoms with E-state index >= 15 is 0 Å². The molecule has 2 heteroatoms. The maximum absolute atomic E-state index is 5.00. The van der Waals surface area contributed by atoms with Crippen LogP contribution < -0.4 is 0 Å². The number of rotatable bonds is 2. The molecule has 10 aromatic rings. The van der Waals surface area contributed by atoms with E-state index in [2.05, 4.69) is 137 Å². The van der Waals surface area contributed by atoms with E-state index in [0.29, 0.717) is 0 Å². The molecule has 0 unspecified atom stereocenters. The summed E-state index contributed by atoms with van der Waals surface area (Å²) >= 11 is 0. The summed E-state index contributed by atoms with van der Waals surface area (Å²) in [6.45, 7) is 0. The molecule has 2 aliphatic carbocycles. The monoisotopic (exact) mass is 641 g/mol. The summed E-state index contributed by atoms with van der Waals surface area (Å²) in [7, 11) is 0. The van der Waals surface area contributed by atoms with Gasteiger partial charge in [-0.2, -0.15) is 0 Å². The van der Waals surface area contributed by atoms with Gasteiger partial charge in [0.05, 0.1) is 0 Å². The lowest BCUT2D eigenvalue weighted by Crippen LogP contribution is -1.92. The third kappa shape index (κ3) is 3.32. The number of hydrogen-bond acceptors (Lipinski definition) is 2. The van der Waals surface area contributed by atoms with Crippen molar-refractivity contribution in [1.29, 1.82) is 0 Å². The molecular formula is C48H32N2. The number of pyridine rings is 2. The molecule has 2 aliphatic rings. The van der Waals surface area contributed by atoms with E-state index in [1.165, 1.54) is 109 Å². The highest BCUT2D eigenvalue weighted by Gasteiger charge is 2.28. The largest absolute Gasteiger partial charge is 0.264 e. The maximum atomic E-state index is 5.00. The Hall–Kier alpha value is -6.64. The molecule has 0 N–H and O–H groups in total. The van der Waals surface area contributed by atoms with Gasteiger partial charge in [-0.25, -0.2) is 0 Å². The fourth-order valence-corrected chi connectivity index (χ4v) is 9.23. The van der Waals surface area contributed by atoms with Crippen LogP contribution in [0.15, 0.2) is 158 Å². The molecule has 0 saturated carbocycles. The van der Waals surface area contributed by atoms with Crippen molar-refractivity contribution in [3.63, 3.8) is 0 Å². The number of fused-ring (bicyclic) bond motifs is 11. The topological polar surface area (TPSA) is 25.8 Å². The van der Waals surface area contributed by atoms with Crippen LogP contribution in [0.4, 0.5) is 0 Å². The normalized spacial score (nSPS) is 12.7. The highest BCUT2D eigenvalue weighted by molar-refractivity contribution is 6.29. The first kappa shape index (κ1) is 24.5. The van der Waals surface area contributed by atoms with Gasteiger partial charge in [0.2, 0.25) is 0 Å². The van der Waals surface area contributed by atoms with Crippen LogP contribution in [0.1, 0.15) is 7.37 Å². The summed E-state index contributed by atoms with van der Waals surface area (Å²) in [6, 6.07) is 49.8. The lowest BCUT2D eigenvalue weighted by atomic mass is 9.84. The van der Waals surface area contributed by atoms with E-state index < -0.39 is 0 Å². The SMILES string of the molecule is [2HH].[2H][2H].[2H][2H].c1cncc(-c2cc3c4cc5c(c(-c6cccnc6)c4ccc3c3cc4c(cc23)-c2cccc3cccc-4c23)-c2cccc3cccc-5c23)c1. The van der Waals surface area contributed by atoms with Crippen LogP contribution >= 0.6 is 0 Å². The first-order valence-corrected chi connectivity index (χ1v) is 17.2. The fourth-order valence-electron chi connectivity index (χ4n) is 9.23. The highest BCUT2D eigenvalue weighted by Crippen LogP contribution is 2.55. The van der Waals surface area contributed by atoms with Crippen molar-refractivity contribution < 1.29 is 7.37 Å².